The number of carbonyl (C=O) groups excluding carboxylic acids is 1. The van der Waals surface area contributed by atoms with E-state index < -0.39 is 0 Å². The van der Waals surface area contributed by atoms with Crippen molar-refractivity contribution in [2.75, 3.05) is 44.7 Å². The molecule has 0 aliphatic carbocycles. The average Bonchev–Trinajstić information content (AvgIpc) is 3.16. The summed E-state index contributed by atoms with van der Waals surface area (Å²) >= 11 is 0. The first kappa shape index (κ1) is 15.3. The fourth-order valence-corrected chi connectivity index (χ4v) is 3.79. The summed E-state index contributed by atoms with van der Waals surface area (Å²) in [6.45, 7) is 4.27. The van der Waals surface area contributed by atoms with Gasteiger partial charge in [0.05, 0.1) is 17.6 Å². The molecule has 128 valence electrons. The van der Waals surface area contributed by atoms with E-state index in [2.05, 4.69) is 37.0 Å². The first-order valence-corrected chi connectivity index (χ1v) is 8.62. The van der Waals surface area contributed by atoms with Gasteiger partial charge in [-0.15, -0.1) is 0 Å². The van der Waals surface area contributed by atoms with Gasteiger partial charge in [-0.2, -0.15) is 5.10 Å². The summed E-state index contributed by atoms with van der Waals surface area (Å²) in [6.07, 6.45) is 6.39. The summed E-state index contributed by atoms with van der Waals surface area (Å²) in [7, 11) is 2.05. The van der Waals surface area contributed by atoms with Gasteiger partial charge in [-0.25, -0.2) is 9.97 Å². The van der Waals surface area contributed by atoms with Gasteiger partial charge < -0.3 is 9.80 Å². The second kappa shape index (κ2) is 6.35. The average molecular weight is 329 g/mol. The number of amides is 1. The highest BCUT2D eigenvalue weighted by atomic mass is 16.2. The lowest BCUT2D eigenvalue weighted by molar-refractivity contribution is -0.135. The van der Waals surface area contributed by atoms with Crippen LogP contribution in [0.15, 0.2) is 12.5 Å². The number of aromatic nitrogens is 4. The van der Waals surface area contributed by atoms with E-state index in [1.165, 1.54) is 0 Å². The Morgan fingerprint density at radius 3 is 2.92 bits per heavy atom. The number of hydrogen-bond donors (Lipinski definition) is 1. The van der Waals surface area contributed by atoms with Crippen LogP contribution in [0.3, 0.4) is 0 Å². The Kier molecular flexibility index (Phi) is 4.05. The van der Waals surface area contributed by atoms with Crippen LogP contribution in [0.4, 0.5) is 5.82 Å². The minimum absolute atomic E-state index is 0.0659. The molecule has 0 bridgehead atoms. The summed E-state index contributed by atoms with van der Waals surface area (Å²) in [6, 6.07) is 0.0659. The predicted octanol–water partition coefficient (Wildman–Crippen LogP) is 0.486. The fraction of sp³-hybridized carbons (Fsp3) is 0.625. The zero-order valence-corrected chi connectivity index (χ0v) is 14.0. The van der Waals surface area contributed by atoms with Crippen LogP contribution in [0.2, 0.25) is 0 Å². The Bertz CT molecular complexity index is 730. The summed E-state index contributed by atoms with van der Waals surface area (Å²) in [5.74, 6) is 1.19. The van der Waals surface area contributed by atoms with Gasteiger partial charge in [0.15, 0.2) is 5.65 Å². The van der Waals surface area contributed by atoms with Crippen LogP contribution in [0.1, 0.15) is 19.3 Å². The molecule has 0 unspecified atom stereocenters. The third kappa shape index (κ3) is 2.71. The zero-order chi connectivity index (χ0) is 16.5. The van der Waals surface area contributed by atoms with E-state index >= 15 is 0 Å². The van der Waals surface area contributed by atoms with Gasteiger partial charge >= 0.3 is 0 Å². The second-order valence-corrected chi connectivity index (χ2v) is 6.63. The van der Waals surface area contributed by atoms with Crippen LogP contribution in [0.25, 0.3) is 11.0 Å². The van der Waals surface area contributed by atoms with Crippen molar-refractivity contribution in [1.29, 1.82) is 0 Å². The highest BCUT2D eigenvalue weighted by molar-refractivity contribution is 5.86. The molecule has 0 spiro atoms. The van der Waals surface area contributed by atoms with Crippen LogP contribution in [0.5, 0.6) is 0 Å². The van der Waals surface area contributed by atoms with Gasteiger partial charge in [0.2, 0.25) is 5.91 Å². The molecule has 0 aromatic carbocycles. The highest BCUT2D eigenvalue weighted by Crippen LogP contribution is 2.23. The Balaban J connectivity index is 1.48. The van der Waals surface area contributed by atoms with Crippen molar-refractivity contribution in [3.05, 3.63) is 12.5 Å². The summed E-state index contributed by atoms with van der Waals surface area (Å²) in [5, 5.41) is 7.88. The molecule has 1 N–H and O–H groups in total. The second-order valence-electron chi connectivity index (χ2n) is 6.63. The summed E-state index contributed by atoms with van der Waals surface area (Å²) < 4.78 is 0. The molecule has 2 aromatic heterocycles. The van der Waals surface area contributed by atoms with Crippen LogP contribution < -0.4 is 4.90 Å². The quantitative estimate of drug-likeness (QED) is 0.863. The molecule has 8 nitrogen and oxygen atoms in total. The van der Waals surface area contributed by atoms with Crippen LogP contribution >= 0.6 is 0 Å². The SMILES string of the molecule is CN1CCC[C@H]1C(=O)N1CCCN(c2ncnc3[nH]ncc23)CC1. The Hall–Kier alpha value is -2.22. The van der Waals surface area contributed by atoms with Crippen molar-refractivity contribution in [3.8, 4) is 0 Å². The normalized spacial score (nSPS) is 23.0. The van der Waals surface area contributed by atoms with E-state index in [4.69, 9.17) is 0 Å². The number of aromatic amines is 1. The lowest BCUT2D eigenvalue weighted by Crippen LogP contribution is -2.45. The third-order valence-corrected chi connectivity index (χ3v) is 5.14. The molecular formula is C16H23N7O. The van der Waals surface area contributed by atoms with E-state index in [1.807, 2.05) is 4.90 Å². The lowest BCUT2D eigenvalue weighted by atomic mass is 10.2. The largest absolute Gasteiger partial charge is 0.354 e. The van der Waals surface area contributed by atoms with Crippen LogP contribution in [-0.2, 0) is 4.79 Å². The first-order chi connectivity index (χ1) is 11.7. The zero-order valence-electron chi connectivity index (χ0n) is 14.0. The van der Waals surface area contributed by atoms with Crippen molar-refractivity contribution in [2.24, 2.45) is 0 Å². The molecule has 1 atom stereocenters. The molecule has 24 heavy (non-hydrogen) atoms. The monoisotopic (exact) mass is 329 g/mol. The van der Waals surface area contributed by atoms with E-state index in [0.29, 0.717) is 0 Å². The number of nitrogens with one attached hydrogen (secondary N) is 1. The topological polar surface area (TPSA) is 81.3 Å². The number of nitrogens with zero attached hydrogens (tertiary/aromatic N) is 6. The number of likely N-dealkylation sites (tertiary alicyclic amines) is 1. The summed E-state index contributed by atoms with van der Waals surface area (Å²) in [5.41, 5.74) is 0.754. The molecule has 2 aromatic rings. The van der Waals surface area contributed by atoms with Gasteiger partial charge in [0.25, 0.3) is 0 Å². The number of likely N-dealkylation sites (N-methyl/N-ethyl adjacent to an activating group) is 1. The van der Waals surface area contributed by atoms with Gasteiger partial charge in [0.1, 0.15) is 12.1 Å². The van der Waals surface area contributed by atoms with Crippen LogP contribution in [-0.4, -0.2) is 81.7 Å². The molecule has 2 aliphatic heterocycles. The number of rotatable bonds is 2. The molecule has 1 amide bonds. The highest BCUT2D eigenvalue weighted by Gasteiger charge is 2.32. The lowest BCUT2D eigenvalue weighted by Gasteiger charge is -2.27. The van der Waals surface area contributed by atoms with Crippen molar-refractivity contribution in [1.82, 2.24) is 30.0 Å². The Morgan fingerprint density at radius 1 is 1.17 bits per heavy atom. The minimum atomic E-state index is 0.0659. The van der Waals surface area contributed by atoms with Crippen molar-refractivity contribution in [3.63, 3.8) is 0 Å². The third-order valence-electron chi connectivity index (χ3n) is 5.14. The van der Waals surface area contributed by atoms with Gasteiger partial charge in [-0.3, -0.25) is 14.8 Å². The smallest absolute Gasteiger partial charge is 0.239 e. The van der Waals surface area contributed by atoms with E-state index in [-0.39, 0.29) is 11.9 Å². The predicted molar refractivity (Wildman–Crippen MR) is 90.7 cm³/mol. The fourth-order valence-electron chi connectivity index (χ4n) is 3.79. The molecule has 2 aliphatic rings. The molecule has 4 rings (SSSR count). The number of anilines is 1. The van der Waals surface area contributed by atoms with E-state index in [1.54, 1.807) is 12.5 Å². The molecular weight excluding hydrogens is 306 g/mol. The van der Waals surface area contributed by atoms with Crippen LogP contribution in [0, 0.1) is 0 Å². The maximum atomic E-state index is 12.8. The number of fused-ring (bicyclic) bond motifs is 1. The Morgan fingerprint density at radius 2 is 2.08 bits per heavy atom. The van der Waals surface area contributed by atoms with E-state index in [9.17, 15) is 4.79 Å². The standard InChI is InChI=1S/C16H23N7O/c1-21-5-2-4-13(21)16(24)23-7-3-6-22(8-9-23)15-12-10-19-20-14(12)17-11-18-15/h10-11,13H,2-9H2,1H3,(H,17,18,19,20)/t13-/m0/s1. The van der Waals surface area contributed by atoms with Gasteiger partial charge in [-0.05, 0) is 32.9 Å². The van der Waals surface area contributed by atoms with Gasteiger partial charge in [-0.1, -0.05) is 0 Å². The molecule has 2 fully saturated rings. The molecule has 0 radical (unpaired) electrons. The number of hydrogen-bond acceptors (Lipinski definition) is 6. The molecule has 0 saturated carbocycles. The number of carbonyl (C=O) groups is 1. The first-order valence-electron chi connectivity index (χ1n) is 8.62. The molecule has 2 saturated heterocycles. The molecule has 8 heteroatoms. The maximum absolute atomic E-state index is 12.8. The van der Waals surface area contributed by atoms with E-state index in [0.717, 1.165) is 68.8 Å². The van der Waals surface area contributed by atoms with Crippen molar-refractivity contribution < 1.29 is 4.79 Å². The van der Waals surface area contributed by atoms with Gasteiger partial charge in [0, 0.05) is 26.2 Å². The number of H-pyrrole nitrogens is 1. The van der Waals surface area contributed by atoms with Crippen molar-refractivity contribution >= 4 is 22.8 Å². The Labute approximate surface area is 140 Å². The van der Waals surface area contributed by atoms with Crippen molar-refractivity contribution in [2.45, 2.75) is 25.3 Å². The maximum Gasteiger partial charge on any atom is 0.239 e. The molecule has 4 heterocycles. The minimum Gasteiger partial charge on any atom is -0.354 e. The summed E-state index contributed by atoms with van der Waals surface area (Å²) in [4.78, 5) is 27.9.